The predicted octanol–water partition coefficient (Wildman–Crippen LogP) is 4.54. The van der Waals surface area contributed by atoms with Gasteiger partial charge in [-0.3, -0.25) is 0 Å². The lowest BCUT2D eigenvalue weighted by molar-refractivity contribution is 0.294. The number of aromatic nitrogens is 3. The molecule has 0 unspecified atom stereocenters. The molecule has 1 aliphatic heterocycles. The van der Waals surface area contributed by atoms with E-state index in [4.69, 9.17) is 16.3 Å². The minimum atomic E-state index is -0.478. The molecule has 142 valence electrons. The summed E-state index contributed by atoms with van der Waals surface area (Å²) in [7, 11) is 0. The molecule has 7 heteroatoms. The zero-order valence-corrected chi connectivity index (χ0v) is 15.8. The van der Waals surface area contributed by atoms with E-state index < -0.39 is 5.82 Å². The Balaban J connectivity index is 1.44. The first-order chi connectivity index (χ1) is 13.7. The zero-order valence-electron chi connectivity index (χ0n) is 15.1. The minimum Gasteiger partial charge on any atom is -0.473 e. The Hall–Kier alpha value is -2.99. The van der Waals surface area contributed by atoms with Crippen LogP contribution in [0, 0.1) is 5.82 Å². The van der Waals surface area contributed by atoms with E-state index in [0.29, 0.717) is 25.6 Å². The first-order valence-corrected chi connectivity index (χ1v) is 9.32. The maximum Gasteiger partial charge on any atom is 0.224 e. The fraction of sp³-hybridized carbons (Fsp3) is 0.190. The van der Waals surface area contributed by atoms with Crippen LogP contribution in [-0.4, -0.2) is 28.0 Å². The van der Waals surface area contributed by atoms with Crippen molar-refractivity contribution in [2.75, 3.05) is 18.0 Å². The molecule has 0 N–H and O–H groups in total. The summed E-state index contributed by atoms with van der Waals surface area (Å²) < 4.78 is 19.8. The molecule has 4 rings (SSSR count). The first-order valence-electron chi connectivity index (χ1n) is 8.94. The summed E-state index contributed by atoms with van der Waals surface area (Å²) in [4.78, 5) is 14.0. The molecule has 0 bridgehead atoms. The summed E-state index contributed by atoms with van der Waals surface area (Å²) in [5.41, 5.74) is 3.12. The van der Waals surface area contributed by atoms with Crippen LogP contribution in [0.1, 0.15) is 17.5 Å². The third kappa shape index (κ3) is 4.28. The average Bonchev–Trinajstić information content (AvgIpc) is 2.75. The maximum absolute atomic E-state index is 14.1. The van der Waals surface area contributed by atoms with Gasteiger partial charge in [-0.05, 0) is 40.8 Å². The van der Waals surface area contributed by atoms with E-state index in [1.807, 2.05) is 47.4 Å². The third-order valence-electron chi connectivity index (χ3n) is 4.48. The van der Waals surface area contributed by atoms with Crippen LogP contribution in [-0.2, 0) is 6.61 Å². The van der Waals surface area contributed by atoms with Gasteiger partial charge in [-0.1, -0.05) is 36.4 Å². The molecule has 0 radical (unpaired) electrons. The summed E-state index contributed by atoms with van der Waals surface area (Å²) in [5.74, 6) is 0.310. The fourth-order valence-electron chi connectivity index (χ4n) is 3.08. The van der Waals surface area contributed by atoms with Gasteiger partial charge >= 0.3 is 0 Å². The van der Waals surface area contributed by atoms with Crippen molar-refractivity contribution in [3.8, 4) is 5.88 Å². The summed E-state index contributed by atoms with van der Waals surface area (Å²) in [6.07, 6.45) is 5.80. The monoisotopic (exact) mass is 396 g/mol. The second kappa shape index (κ2) is 8.35. The lowest BCUT2D eigenvalue weighted by Gasteiger charge is -2.28. The predicted molar refractivity (Wildman–Crippen MR) is 107 cm³/mol. The van der Waals surface area contributed by atoms with E-state index in [2.05, 4.69) is 21.0 Å². The number of halogens is 2. The van der Waals surface area contributed by atoms with E-state index in [1.54, 1.807) is 6.20 Å². The van der Waals surface area contributed by atoms with Crippen molar-refractivity contribution < 1.29 is 9.13 Å². The molecule has 1 aromatic carbocycles. The van der Waals surface area contributed by atoms with Crippen LogP contribution < -0.4 is 9.64 Å². The number of rotatable bonds is 5. The van der Waals surface area contributed by atoms with Gasteiger partial charge in [0.2, 0.25) is 11.2 Å². The standard InChI is InChI=1S/C21H18ClFN4O/c22-21-25-12-18(23)20(26-21)27-10-4-7-17(13-27)16-8-9-19(24-11-16)28-14-15-5-2-1-3-6-15/h1-3,5-9,11-12H,4,10,13-14H2. The molecule has 0 saturated carbocycles. The number of hydrogen-bond acceptors (Lipinski definition) is 5. The average molecular weight is 397 g/mol. The Labute approximate surface area is 167 Å². The normalized spacial score (nSPS) is 13.9. The highest BCUT2D eigenvalue weighted by atomic mass is 35.5. The Bertz CT molecular complexity index is 979. The van der Waals surface area contributed by atoms with Crippen molar-refractivity contribution >= 4 is 23.0 Å². The Morgan fingerprint density at radius 2 is 1.93 bits per heavy atom. The van der Waals surface area contributed by atoms with Crippen LogP contribution in [0.5, 0.6) is 5.88 Å². The highest BCUT2D eigenvalue weighted by Crippen LogP contribution is 2.26. The van der Waals surface area contributed by atoms with E-state index in [0.717, 1.165) is 29.3 Å². The molecule has 3 aromatic rings. The fourth-order valence-corrected chi connectivity index (χ4v) is 3.21. The van der Waals surface area contributed by atoms with Gasteiger partial charge in [0.25, 0.3) is 0 Å². The van der Waals surface area contributed by atoms with Crippen LogP contribution in [0.4, 0.5) is 10.2 Å². The number of ether oxygens (including phenoxy) is 1. The SMILES string of the molecule is Fc1cnc(Cl)nc1N1CCC=C(c2ccc(OCc3ccccc3)nc2)C1. The molecule has 0 amide bonds. The molecule has 0 saturated heterocycles. The van der Waals surface area contributed by atoms with E-state index in [9.17, 15) is 4.39 Å². The quantitative estimate of drug-likeness (QED) is 0.593. The van der Waals surface area contributed by atoms with Crippen LogP contribution in [0.25, 0.3) is 5.57 Å². The first kappa shape index (κ1) is 18.4. The summed E-state index contributed by atoms with van der Waals surface area (Å²) in [6, 6.07) is 13.8. The summed E-state index contributed by atoms with van der Waals surface area (Å²) >= 11 is 5.83. The van der Waals surface area contributed by atoms with Crippen molar-refractivity contribution in [2.24, 2.45) is 0 Å². The Kier molecular flexibility index (Phi) is 5.48. The van der Waals surface area contributed by atoms with Gasteiger partial charge in [-0.15, -0.1) is 0 Å². The van der Waals surface area contributed by atoms with Crippen LogP contribution in [0.3, 0.4) is 0 Å². The van der Waals surface area contributed by atoms with Crippen molar-refractivity contribution in [2.45, 2.75) is 13.0 Å². The van der Waals surface area contributed by atoms with Gasteiger partial charge in [0, 0.05) is 25.4 Å². The second-order valence-electron chi connectivity index (χ2n) is 6.41. The second-order valence-corrected chi connectivity index (χ2v) is 6.75. The molecule has 28 heavy (non-hydrogen) atoms. The molecular formula is C21H18ClFN4O. The maximum atomic E-state index is 14.1. The number of hydrogen-bond donors (Lipinski definition) is 0. The van der Waals surface area contributed by atoms with E-state index >= 15 is 0 Å². The molecule has 0 aliphatic carbocycles. The topological polar surface area (TPSA) is 51.1 Å². The van der Waals surface area contributed by atoms with Gasteiger partial charge in [-0.2, -0.15) is 4.98 Å². The molecule has 5 nitrogen and oxygen atoms in total. The Morgan fingerprint density at radius 3 is 2.71 bits per heavy atom. The van der Waals surface area contributed by atoms with Crippen LogP contribution >= 0.6 is 11.6 Å². The lowest BCUT2D eigenvalue weighted by Crippen LogP contribution is -2.31. The van der Waals surface area contributed by atoms with Crippen molar-refractivity contribution in [3.63, 3.8) is 0 Å². The van der Waals surface area contributed by atoms with Crippen molar-refractivity contribution in [3.05, 3.63) is 83.2 Å². The molecule has 2 aromatic heterocycles. The van der Waals surface area contributed by atoms with Gasteiger partial charge in [0.1, 0.15) is 6.61 Å². The number of nitrogens with zero attached hydrogens (tertiary/aromatic N) is 4. The minimum absolute atomic E-state index is 0.0362. The van der Waals surface area contributed by atoms with Gasteiger partial charge in [-0.25, -0.2) is 14.4 Å². The molecular weight excluding hydrogens is 379 g/mol. The highest BCUT2D eigenvalue weighted by Gasteiger charge is 2.19. The third-order valence-corrected chi connectivity index (χ3v) is 4.67. The van der Waals surface area contributed by atoms with Crippen molar-refractivity contribution in [1.82, 2.24) is 15.0 Å². The summed E-state index contributed by atoms with van der Waals surface area (Å²) in [5, 5.41) is 0.0362. The smallest absolute Gasteiger partial charge is 0.224 e. The number of benzene rings is 1. The van der Waals surface area contributed by atoms with Gasteiger partial charge in [0.05, 0.1) is 6.20 Å². The molecule has 3 heterocycles. The van der Waals surface area contributed by atoms with E-state index in [-0.39, 0.29) is 11.1 Å². The Morgan fingerprint density at radius 1 is 1.07 bits per heavy atom. The van der Waals surface area contributed by atoms with Gasteiger partial charge < -0.3 is 9.64 Å². The van der Waals surface area contributed by atoms with E-state index in [1.165, 1.54) is 0 Å². The molecule has 0 atom stereocenters. The van der Waals surface area contributed by atoms with Crippen molar-refractivity contribution in [1.29, 1.82) is 0 Å². The number of anilines is 1. The molecule has 1 aliphatic rings. The lowest BCUT2D eigenvalue weighted by atomic mass is 10.0. The van der Waals surface area contributed by atoms with Crippen LogP contribution in [0.15, 0.2) is 60.9 Å². The summed E-state index contributed by atoms with van der Waals surface area (Å²) in [6.45, 7) is 1.66. The number of pyridine rings is 1. The molecule has 0 fully saturated rings. The molecule has 0 spiro atoms. The largest absolute Gasteiger partial charge is 0.473 e. The van der Waals surface area contributed by atoms with Crippen LogP contribution in [0.2, 0.25) is 5.28 Å². The zero-order chi connectivity index (χ0) is 19.3. The van der Waals surface area contributed by atoms with Gasteiger partial charge in [0.15, 0.2) is 11.6 Å². The highest BCUT2D eigenvalue weighted by molar-refractivity contribution is 6.28.